The summed E-state index contributed by atoms with van der Waals surface area (Å²) >= 11 is 0. The maximum absolute atomic E-state index is 4.59. The number of benzene rings is 1. The predicted molar refractivity (Wildman–Crippen MR) is 104 cm³/mol. The van der Waals surface area contributed by atoms with Crippen molar-refractivity contribution in [1.82, 2.24) is 14.9 Å². The highest BCUT2D eigenvalue weighted by atomic mass is 15.2. The van der Waals surface area contributed by atoms with Crippen LogP contribution < -0.4 is 10.2 Å². The molecule has 2 aromatic rings. The van der Waals surface area contributed by atoms with E-state index in [4.69, 9.17) is 0 Å². The number of nitrogens with zero attached hydrogens (tertiary/aromatic N) is 4. The molecule has 1 saturated heterocycles. The molecule has 0 spiro atoms. The molecule has 5 heteroatoms. The minimum Gasteiger partial charge on any atom is -0.366 e. The highest BCUT2D eigenvalue weighted by Gasteiger charge is 2.21. The third kappa shape index (κ3) is 4.69. The van der Waals surface area contributed by atoms with Gasteiger partial charge in [0.2, 0.25) is 5.95 Å². The van der Waals surface area contributed by atoms with E-state index in [9.17, 15) is 0 Å². The van der Waals surface area contributed by atoms with Gasteiger partial charge in [-0.1, -0.05) is 23.8 Å². The summed E-state index contributed by atoms with van der Waals surface area (Å²) < 4.78 is 0. The Morgan fingerprint density at radius 2 is 2.08 bits per heavy atom. The van der Waals surface area contributed by atoms with Crippen molar-refractivity contribution in [3.8, 4) is 0 Å². The van der Waals surface area contributed by atoms with E-state index in [2.05, 4.69) is 52.2 Å². The lowest BCUT2D eigenvalue weighted by Crippen LogP contribution is -2.41. The topological polar surface area (TPSA) is 44.3 Å². The van der Waals surface area contributed by atoms with Gasteiger partial charge in [0.05, 0.1) is 0 Å². The molecule has 25 heavy (non-hydrogen) atoms. The molecule has 1 aromatic heterocycles. The van der Waals surface area contributed by atoms with Crippen LogP contribution in [0.1, 0.15) is 29.5 Å². The van der Waals surface area contributed by atoms with Crippen LogP contribution in [0.2, 0.25) is 0 Å². The minimum absolute atomic E-state index is 0.434. The number of hydrogen-bond acceptors (Lipinski definition) is 5. The molecule has 1 aliphatic rings. The van der Waals surface area contributed by atoms with Crippen molar-refractivity contribution < 1.29 is 0 Å². The van der Waals surface area contributed by atoms with Crippen molar-refractivity contribution in [2.45, 2.75) is 39.3 Å². The van der Waals surface area contributed by atoms with Gasteiger partial charge in [0, 0.05) is 39.4 Å². The molecule has 2 heterocycles. The molecule has 0 bridgehead atoms. The molecule has 1 unspecified atom stereocenters. The van der Waals surface area contributed by atoms with Crippen molar-refractivity contribution in [2.75, 3.05) is 37.4 Å². The SMILES string of the molecule is Cc1ccc(C)c(CN2CCCC(Nc3ccnc(N(C)C)n3)C2)c1. The Kier molecular flexibility index (Phi) is 5.53. The number of anilines is 2. The number of likely N-dealkylation sites (tertiary alicyclic amines) is 1. The van der Waals surface area contributed by atoms with Crippen LogP contribution in [0.3, 0.4) is 0 Å². The highest BCUT2D eigenvalue weighted by molar-refractivity contribution is 5.41. The fourth-order valence-corrected chi connectivity index (χ4v) is 3.38. The van der Waals surface area contributed by atoms with Crippen LogP contribution >= 0.6 is 0 Å². The summed E-state index contributed by atoms with van der Waals surface area (Å²) in [6.07, 6.45) is 4.22. The Morgan fingerprint density at radius 3 is 2.88 bits per heavy atom. The van der Waals surface area contributed by atoms with E-state index in [0.29, 0.717) is 6.04 Å². The van der Waals surface area contributed by atoms with Gasteiger partial charge in [-0.15, -0.1) is 0 Å². The van der Waals surface area contributed by atoms with Gasteiger partial charge in [-0.05, 0) is 50.4 Å². The van der Waals surface area contributed by atoms with Crippen molar-refractivity contribution >= 4 is 11.8 Å². The van der Waals surface area contributed by atoms with Crippen LogP contribution in [0.15, 0.2) is 30.5 Å². The first-order valence-corrected chi connectivity index (χ1v) is 9.06. The Hall–Kier alpha value is -2.14. The fourth-order valence-electron chi connectivity index (χ4n) is 3.38. The van der Waals surface area contributed by atoms with Crippen molar-refractivity contribution in [3.05, 3.63) is 47.2 Å². The Balaban J connectivity index is 1.63. The van der Waals surface area contributed by atoms with Crippen LogP contribution in [0, 0.1) is 13.8 Å². The second-order valence-corrected chi connectivity index (χ2v) is 7.28. The number of rotatable bonds is 5. The van der Waals surface area contributed by atoms with E-state index in [-0.39, 0.29) is 0 Å². The van der Waals surface area contributed by atoms with Crippen LogP contribution in [0.25, 0.3) is 0 Å². The molecule has 1 aliphatic heterocycles. The number of hydrogen-bond donors (Lipinski definition) is 1. The largest absolute Gasteiger partial charge is 0.366 e. The molecule has 1 aromatic carbocycles. The van der Waals surface area contributed by atoms with Gasteiger partial charge in [0.15, 0.2) is 0 Å². The first kappa shape index (κ1) is 17.7. The molecule has 0 amide bonds. The van der Waals surface area contributed by atoms with Crippen molar-refractivity contribution in [3.63, 3.8) is 0 Å². The van der Waals surface area contributed by atoms with Gasteiger partial charge in [0.1, 0.15) is 5.82 Å². The molecule has 3 rings (SSSR count). The first-order chi connectivity index (χ1) is 12.0. The normalized spacial score (nSPS) is 18.2. The molecule has 1 N–H and O–H groups in total. The quantitative estimate of drug-likeness (QED) is 0.906. The zero-order chi connectivity index (χ0) is 17.8. The van der Waals surface area contributed by atoms with E-state index < -0.39 is 0 Å². The van der Waals surface area contributed by atoms with E-state index in [1.165, 1.54) is 29.5 Å². The zero-order valence-electron chi connectivity index (χ0n) is 15.8. The van der Waals surface area contributed by atoms with E-state index >= 15 is 0 Å². The Morgan fingerprint density at radius 1 is 1.24 bits per heavy atom. The molecular formula is C20H29N5. The van der Waals surface area contributed by atoms with Gasteiger partial charge in [-0.25, -0.2) is 4.98 Å². The lowest BCUT2D eigenvalue weighted by Gasteiger charge is -2.33. The third-order valence-corrected chi connectivity index (χ3v) is 4.80. The number of aromatic nitrogens is 2. The monoisotopic (exact) mass is 339 g/mol. The summed E-state index contributed by atoms with van der Waals surface area (Å²) in [6.45, 7) is 7.62. The van der Waals surface area contributed by atoms with Gasteiger partial charge in [-0.2, -0.15) is 4.98 Å². The molecule has 0 saturated carbocycles. The fraction of sp³-hybridized carbons (Fsp3) is 0.500. The predicted octanol–water partition coefficient (Wildman–Crippen LogP) is 3.24. The summed E-state index contributed by atoms with van der Waals surface area (Å²) in [4.78, 5) is 13.4. The van der Waals surface area contributed by atoms with Crippen LogP contribution in [-0.2, 0) is 6.54 Å². The van der Waals surface area contributed by atoms with Gasteiger partial charge < -0.3 is 10.2 Å². The molecule has 134 valence electrons. The number of piperidine rings is 1. The lowest BCUT2D eigenvalue weighted by atomic mass is 10.0. The van der Waals surface area contributed by atoms with Crippen LogP contribution in [-0.4, -0.2) is 48.1 Å². The van der Waals surface area contributed by atoms with Gasteiger partial charge >= 0.3 is 0 Å². The van der Waals surface area contributed by atoms with Crippen LogP contribution in [0.5, 0.6) is 0 Å². The lowest BCUT2D eigenvalue weighted by molar-refractivity contribution is 0.208. The van der Waals surface area contributed by atoms with Gasteiger partial charge in [-0.3, -0.25) is 4.90 Å². The highest BCUT2D eigenvalue weighted by Crippen LogP contribution is 2.19. The molecule has 0 aliphatic carbocycles. The van der Waals surface area contributed by atoms with Crippen molar-refractivity contribution in [2.24, 2.45) is 0 Å². The molecular weight excluding hydrogens is 310 g/mol. The third-order valence-electron chi connectivity index (χ3n) is 4.80. The van der Waals surface area contributed by atoms with E-state index in [0.717, 1.165) is 31.4 Å². The second-order valence-electron chi connectivity index (χ2n) is 7.28. The van der Waals surface area contributed by atoms with Crippen LogP contribution in [0.4, 0.5) is 11.8 Å². The Bertz CT molecular complexity index is 713. The van der Waals surface area contributed by atoms with Crippen molar-refractivity contribution in [1.29, 1.82) is 0 Å². The maximum atomic E-state index is 4.59. The smallest absolute Gasteiger partial charge is 0.226 e. The summed E-state index contributed by atoms with van der Waals surface area (Å²) in [5, 5.41) is 3.60. The maximum Gasteiger partial charge on any atom is 0.226 e. The van der Waals surface area contributed by atoms with E-state index in [1.54, 1.807) is 0 Å². The molecule has 5 nitrogen and oxygen atoms in total. The summed E-state index contributed by atoms with van der Waals surface area (Å²) in [5.41, 5.74) is 4.16. The van der Waals surface area contributed by atoms with E-state index in [1.807, 2.05) is 31.3 Å². The average Bonchev–Trinajstić information content (AvgIpc) is 2.59. The first-order valence-electron chi connectivity index (χ1n) is 9.06. The summed E-state index contributed by atoms with van der Waals surface area (Å²) in [6, 6.07) is 9.13. The molecule has 1 atom stereocenters. The molecule has 0 radical (unpaired) electrons. The zero-order valence-corrected chi connectivity index (χ0v) is 15.8. The summed E-state index contributed by atoms with van der Waals surface area (Å²) in [7, 11) is 3.93. The average molecular weight is 339 g/mol. The number of nitrogens with one attached hydrogen (secondary N) is 1. The minimum atomic E-state index is 0.434. The Labute approximate surface area is 151 Å². The second kappa shape index (κ2) is 7.83. The summed E-state index contributed by atoms with van der Waals surface area (Å²) in [5.74, 6) is 1.66. The standard InChI is InChI=1S/C20H29N5/c1-15-7-8-16(2)17(12-15)13-25-11-5-6-18(14-25)22-19-9-10-21-20(23-19)24(3)4/h7-10,12,18H,5-6,11,13-14H2,1-4H3,(H,21,22,23). The number of aryl methyl sites for hydroxylation is 2. The molecule has 1 fully saturated rings. The van der Waals surface area contributed by atoms with Gasteiger partial charge in [0.25, 0.3) is 0 Å².